The van der Waals surface area contributed by atoms with E-state index in [0.717, 1.165) is 22.2 Å². The Labute approximate surface area is 184 Å². The third kappa shape index (κ3) is 5.33. The minimum absolute atomic E-state index is 0.0459. The zero-order valence-electron chi connectivity index (χ0n) is 17.0. The Morgan fingerprint density at radius 3 is 2.80 bits per heavy atom. The van der Waals surface area contributed by atoms with Crippen molar-refractivity contribution >= 4 is 52.0 Å². The van der Waals surface area contributed by atoms with E-state index in [1.165, 1.54) is 11.8 Å². The van der Waals surface area contributed by atoms with Crippen molar-refractivity contribution in [3.05, 3.63) is 52.5 Å². The number of anilines is 1. The van der Waals surface area contributed by atoms with Gasteiger partial charge in [0.1, 0.15) is 0 Å². The number of methoxy groups -OCH3 is 1. The van der Waals surface area contributed by atoms with Gasteiger partial charge in [0.05, 0.1) is 23.4 Å². The number of urea groups is 1. The van der Waals surface area contributed by atoms with E-state index < -0.39 is 11.9 Å². The number of carbonyl (C=O) groups excluding carboxylic acids is 2. The van der Waals surface area contributed by atoms with Crippen LogP contribution in [0, 0.1) is 13.8 Å². The lowest BCUT2D eigenvalue weighted by Crippen LogP contribution is -2.35. The Balaban J connectivity index is 1.64. The molecule has 0 saturated heterocycles. The third-order valence-corrected chi connectivity index (χ3v) is 5.84. The van der Waals surface area contributed by atoms with Crippen molar-refractivity contribution in [1.82, 2.24) is 14.9 Å². The number of aryl methyl sites for hydroxylation is 1. The van der Waals surface area contributed by atoms with Crippen LogP contribution in [0.15, 0.2) is 41.6 Å². The van der Waals surface area contributed by atoms with Gasteiger partial charge in [-0.25, -0.2) is 9.78 Å². The van der Waals surface area contributed by atoms with Crippen LogP contribution < -0.4 is 10.6 Å². The van der Waals surface area contributed by atoms with Crippen molar-refractivity contribution in [2.24, 2.45) is 0 Å². The van der Waals surface area contributed by atoms with E-state index in [-0.39, 0.29) is 5.75 Å². The first kappa shape index (κ1) is 22.1. The number of aromatic nitrogens is 2. The first-order valence-corrected chi connectivity index (χ1v) is 10.7. The predicted molar refractivity (Wildman–Crippen MR) is 120 cm³/mol. The van der Waals surface area contributed by atoms with Crippen molar-refractivity contribution in [3.63, 3.8) is 0 Å². The van der Waals surface area contributed by atoms with Crippen LogP contribution in [-0.2, 0) is 16.1 Å². The second kappa shape index (κ2) is 9.97. The lowest BCUT2D eigenvalue weighted by molar-refractivity contribution is -0.117. The first-order chi connectivity index (χ1) is 14.4. The van der Waals surface area contributed by atoms with Gasteiger partial charge in [-0.05, 0) is 49.2 Å². The Hall–Kier alpha value is -2.55. The number of ether oxygens (including phenoxy) is 1. The van der Waals surface area contributed by atoms with E-state index in [1.54, 1.807) is 25.3 Å². The van der Waals surface area contributed by atoms with E-state index in [4.69, 9.17) is 16.3 Å². The summed E-state index contributed by atoms with van der Waals surface area (Å²) in [4.78, 5) is 29.0. The number of imidazole rings is 1. The minimum atomic E-state index is -0.561. The maximum atomic E-state index is 12.3. The van der Waals surface area contributed by atoms with Gasteiger partial charge in [0.2, 0.25) is 5.91 Å². The normalized spacial score (nSPS) is 10.9. The van der Waals surface area contributed by atoms with Crippen molar-refractivity contribution < 1.29 is 14.3 Å². The molecule has 0 aliphatic carbocycles. The summed E-state index contributed by atoms with van der Waals surface area (Å²) < 4.78 is 7.15. The van der Waals surface area contributed by atoms with Crippen LogP contribution in [0.5, 0.6) is 0 Å². The number of nitrogens with one attached hydrogen (secondary N) is 2. The number of carbonyl (C=O) groups is 2. The summed E-state index contributed by atoms with van der Waals surface area (Å²) in [7, 11) is 1.63. The molecule has 0 aliphatic heterocycles. The highest BCUT2D eigenvalue weighted by Gasteiger charge is 2.15. The Morgan fingerprint density at radius 2 is 2.03 bits per heavy atom. The van der Waals surface area contributed by atoms with Crippen molar-refractivity contribution in [1.29, 1.82) is 0 Å². The summed E-state index contributed by atoms with van der Waals surface area (Å²) in [5.41, 5.74) is 4.34. The van der Waals surface area contributed by atoms with Gasteiger partial charge in [0.15, 0.2) is 5.16 Å². The summed E-state index contributed by atoms with van der Waals surface area (Å²) in [5, 5.41) is 6.33. The third-order valence-electron chi connectivity index (χ3n) is 4.63. The van der Waals surface area contributed by atoms with Gasteiger partial charge in [-0.1, -0.05) is 35.5 Å². The fourth-order valence-corrected chi connectivity index (χ4v) is 3.93. The predicted octanol–water partition coefficient (Wildman–Crippen LogP) is 4.39. The van der Waals surface area contributed by atoms with Crippen LogP contribution in [0.25, 0.3) is 11.0 Å². The highest BCUT2D eigenvalue weighted by Crippen LogP contribution is 2.26. The molecule has 3 aromatic rings. The molecule has 0 spiro atoms. The quantitative estimate of drug-likeness (QED) is 0.525. The van der Waals surface area contributed by atoms with Crippen molar-refractivity contribution in [2.45, 2.75) is 25.5 Å². The van der Waals surface area contributed by atoms with E-state index in [9.17, 15) is 9.59 Å². The first-order valence-electron chi connectivity index (χ1n) is 9.33. The lowest BCUT2D eigenvalue weighted by Gasteiger charge is -2.11. The van der Waals surface area contributed by atoms with E-state index >= 15 is 0 Å². The number of benzene rings is 2. The number of fused-ring (bicyclic) bond motifs is 1. The average molecular weight is 447 g/mol. The molecule has 0 unspecified atom stereocenters. The van der Waals surface area contributed by atoms with Gasteiger partial charge in [0, 0.05) is 24.4 Å². The van der Waals surface area contributed by atoms with E-state index in [0.29, 0.717) is 29.0 Å². The van der Waals surface area contributed by atoms with Crippen LogP contribution in [-0.4, -0.2) is 41.0 Å². The maximum Gasteiger partial charge on any atom is 0.325 e. The Kier molecular flexibility index (Phi) is 7.36. The minimum Gasteiger partial charge on any atom is -0.383 e. The molecule has 2 aromatic carbocycles. The van der Waals surface area contributed by atoms with Crippen LogP contribution in [0.1, 0.15) is 11.1 Å². The molecule has 0 bridgehead atoms. The number of nitrogens with zero attached hydrogens (tertiary/aromatic N) is 2. The zero-order chi connectivity index (χ0) is 21.7. The number of thioether (sulfide) groups is 1. The molecule has 0 radical (unpaired) electrons. The Morgan fingerprint density at radius 1 is 1.23 bits per heavy atom. The summed E-state index contributed by atoms with van der Waals surface area (Å²) in [5.74, 6) is -0.365. The van der Waals surface area contributed by atoms with Gasteiger partial charge < -0.3 is 14.6 Å². The highest BCUT2D eigenvalue weighted by molar-refractivity contribution is 7.99. The molecule has 2 N–H and O–H groups in total. The molecule has 158 valence electrons. The summed E-state index contributed by atoms with van der Waals surface area (Å²) >= 11 is 7.32. The van der Waals surface area contributed by atoms with Crippen LogP contribution in [0.2, 0.25) is 5.02 Å². The average Bonchev–Trinajstić information content (AvgIpc) is 3.04. The molecule has 1 aromatic heterocycles. The SMILES string of the molecule is COCCn1c(SCC(=O)NC(=O)Nc2cccc(C)c2C)nc2cc(Cl)ccc21. The molecular formula is C21H23ClN4O3S. The van der Waals surface area contributed by atoms with Gasteiger partial charge >= 0.3 is 6.03 Å². The number of hydrogen-bond acceptors (Lipinski definition) is 5. The van der Waals surface area contributed by atoms with E-state index in [1.807, 2.05) is 36.6 Å². The standard InChI is InChI=1S/C21H23ClN4O3S/c1-13-5-4-6-16(14(13)2)23-20(28)25-19(27)12-30-21-24-17-11-15(22)7-8-18(17)26(21)9-10-29-3/h4-8,11H,9-10,12H2,1-3H3,(H2,23,25,27,28). The molecule has 3 amide bonds. The zero-order valence-corrected chi connectivity index (χ0v) is 18.6. The van der Waals surface area contributed by atoms with Gasteiger partial charge in [0.25, 0.3) is 0 Å². The fourth-order valence-electron chi connectivity index (χ4n) is 2.92. The fraction of sp³-hybridized carbons (Fsp3) is 0.286. The monoisotopic (exact) mass is 446 g/mol. The Bertz CT molecular complexity index is 1080. The van der Waals surface area contributed by atoms with Gasteiger partial charge in [-0.15, -0.1) is 0 Å². The number of amides is 3. The molecule has 0 aliphatic rings. The number of rotatable bonds is 7. The summed E-state index contributed by atoms with van der Waals surface area (Å²) in [6.07, 6.45) is 0. The number of hydrogen-bond donors (Lipinski definition) is 2. The molecule has 0 saturated carbocycles. The van der Waals surface area contributed by atoms with Crippen molar-refractivity contribution in [3.8, 4) is 0 Å². The topological polar surface area (TPSA) is 85.2 Å². The maximum absolute atomic E-state index is 12.3. The molecule has 3 rings (SSSR count). The molecule has 1 heterocycles. The number of halogens is 1. The molecule has 0 fully saturated rings. The molecule has 30 heavy (non-hydrogen) atoms. The second-order valence-electron chi connectivity index (χ2n) is 6.71. The van der Waals surface area contributed by atoms with Crippen LogP contribution >= 0.6 is 23.4 Å². The second-order valence-corrected chi connectivity index (χ2v) is 8.09. The summed E-state index contributed by atoms with van der Waals surface area (Å²) in [6, 6.07) is 10.5. The number of imide groups is 1. The van der Waals surface area contributed by atoms with Crippen LogP contribution in [0.4, 0.5) is 10.5 Å². The van der Waals surface area contributed by atoms with Gasteiger partial charge in [-0.2, -0.15) is 0 Å². The molecular weight excluding hydrogens is 424 g/mol. The lowest BCUT2D eigenvalue weighted by atomic mass is 10.1. The molecule has 9 heteroatoms. The summed E-state index contributed by atoms with van der Waals surface area (Å²) in [6.45, 7) is 4.97. The van der Waals surface area contributed by atoms with E-state index in [2.05, 4.69) is 15.6 Å². The smallest absolute Gasteiger partial charge is 0.325 e. The van der Waals surface area contributed by atoms with Crippen LogP contribution in [0.3, 0.4) is 0 Å². The largest absolute Gasteiger partial charge is 0.383 e. The highest BCUT2D eigenvalue weighted by atomic mass is 35.5. The van der Waals surface area contributed by atoms with Gasteiger partial charge in [-0.3, -0.25) is 10.1 Å². The molecule has 7 nitrogen and oxygen atoms in total. The molecule has 0 atom stereocenters. The van der Waals surface area contributed by atoms with Crippen molar-refractivity contribution in [2.75, 3.05) is 24.8 Å².